The molecule has 0 unspecified atom stereocenters. The molecular formula is C14H16N+. The smallest absolute Gasteiger partial charge is 0.201 e. The highest BCUT2D eigenvalue weighted by atomic mass is 14.9. The fourth-order valence-electron chi connectivity index (χ4n) is 1.99. The van der Waals surface area contributed by atoms with Crippen molar-refractivity contribution in [1.29, 1.82) is 0 Å². The number of hydrogen-bond acceptors (Lipinski definition) is 0. The molecule has 0 aliphatic carbocycles. The molecule has 0 atom stereocenters. The molecule has 0 saturated carbocycles. The van der Waals surface area contributed by atoms with Gasteiger partial charge in [-0.25, -0.2) is 4.57 Å². The fourth-order valence-corrected chi connectivity index (χ4v) is 1.99. The van der Waals surface area contributed by atoms with Crippen LogP contribution >= 0.6 is 0 Å². The summed E-state index contributed by atoms with van der Waals surface area (Å²) in [5.74, 6) is 0. The van der Waals surface area contributed by atoms with E-state index in [4.69, 9.17) is 0 Å². The average molecular weight is 198 g/mol. The molecule has 2 rings (SSSR count). The summed E-state index contributed by atoms with van der Waals surface area (Å²) in [4.78, 5) is 0. The number of aromatic nitrogens is 1. The van der Waals surface area contributed by atoms with Crippen LogP contribution in [0.2, 0.25) is 0 Å². The van der Waals surface area contributed by atoms with Crippen LogP contribution in [0.5, 0.6) is 0 Å². The fraction of sp³-hybridized carbons (Fsp3) is 0.214. The van der Waals surface area contributed by atoms with Gasteiger partial charge in [-0.15, -0.1) is 0 Å². The van der Waals surface area contributed by atoms with E-state index < -0.39 is 0 Å². The first kappa shape index (κ1) is 9.91. The first-order valence-corrected chi connectivity index (χ1v) is 5.21. The Hall–Kier alpha value is -1.63. The van der Waals surface area contributed by atoms with E-state index in [0.29, 0.717) is 0 Å². The van der Waals surface area contributed by atoms with Crippen LogP contribution in [0.25, 0.3) is 11.3 Å². The maximum absolute atomic E-state index is 2.18. The molecule has 0 saturated heterocycles. The Balaban J connectivity index is 2.69. The van der Waals surface area contributed by atoms with E-state index in [2.05, 4.69) is 68.1 Å². The van der Waals surface area contributed by atoms with E-state index in [1.54, 1.807) is 0 Å². The highest BCUT2D eigenvalue weighted by Gasteiger charge is 2.13. The van der Waals surface area contributed by atoms with Gasteiger partial charge in [0.05, 0.1) is 0 Å². The maximum Gasteiger partial charge on any atom is 0.215 e. The highest BCUT2D eigenvalue weighted by Crippen LogP contribution is 2.22. The van der Waals surface area contributed by atoms with Crippen LogP contribution in [0.3, 0.4) is 0 Å². The van der Waals surface area contributed by atoms with E-state index >= 15 is 0 Å². The molecule has 0 aliphatic rings. The molecule has 2 aromatic rings. The van der Waals surface area contributed by atoms with Crippen molar-refractivity contribution in [3.05, 3.63) is 53.7 Å². The number of aryl methyl sites for hydroxylation is 3. The van der Waals surface area contributed by atoms with Crippen LogP contribution in [0.4, 0.5) is 0 Å². The van der Waals surface area contributed by atoms with Crippen LogP contribution in [-0.4, -0.2) is 0 Å². The second kappa shape index (κ2) is 3.85. The summed E-state index contributed by atoms with van der Waals surface area (Å²) in [5, 5.41) is 0. The molecule has 0 aliphatic heterocycles. The van der Waals surface area contributed by atoms with Gasteiger partial charge in [-0.2, -0.15) is 0 Å². The van der Waals surface area contributed by atoms with E-state index in [-0.39, 0.29) is 0 Å². The molecule has 1 aromatic heterocycles. The summed E-state index contributed by atoms with van der Waals surface area (Å²) in [7, 11) is 2.09. The molecular weight excluding hydrogens is 182 g/mol. The van der Waals surface area contributed by atoms with E-state index in [1.165, 1.54) is 22.4 Å². The maximum atomic E-state index is 2.18. The Bertz CT molecular complexity index is 466. The van der Waals surface area contributed by atoms with Crippen LogP contribution in [0, 0.1) is 13.8 Å². The van der Waals surface area contributed by atoms with Crippen LogP contribution < -0.4 is 4.57 Å². The minimum atomic E-state index is 1.30. The third-order valence-corrected chi connectivity index (χ3v) is 2.78. The molecule has 0 radical (unpaired) electrons. The summed E-state index contributed by atoms with van der Waals surface area (Å²) in [6.07, 6.45) is 2.09. The van der Waals surface area contributed by atoms with E-state index in [9.17, 15) is 0 Å². The predicted molar refractivity (Wildman–Crippen MR) is 62.5 cm³/mol. The van der Waals surface area contributed by atoms with Crippen molar-refractivity contribution in [3.8, 4) is 11.3 Å². The molecule has 0 fully saturated rings. The van der Waals surface area contributed by atoms with Crippen molar-refractivity contribution in [3.63, 3.8) is 0 Å². The SMILES string of the molecule is Cc1ccccc1-c1c(C)ccc[n+]1C. The van der Waals surface area contributed by atoms with Gasteiger partial charge in [0.2, 0.25) is 5.69 Å². The number of nitrogens with zero attached hydrogens (tertiary/aromatic N) is 1. The third-order valence-electron chi connectivity index (χ3n) is 2.78. The lowest BCUT2D eigenvalue weighted by Gasteiger charge is -2.06. The van der Waals surface area contributed by atoms with Gasteiger partial charge >= 0.3 is 0 Å². The molecule has 1 aromatic carbocycles. The Kier molecular flexibility index (Phi) is 2.55. The molecule has 0 spiro atoms. The lowest BCUT2D eigenvalue weighted by atomic mass is 10.0. The number of pyridine rings is 1. The topological polar surface area (TPSA) is 3.88 Å². The zero-order valence-corrected chi connectivity index (χ0v) is 9.49. The predicted octanol–water partition coefficient (Wildman–Crippen LogP) is 2.79. The molecule has 76 valence electrons. The normalized spacial score (nSPS) is 10.3. The van der Waals surface area contributed by atoms with Crippen molar-refractivity contribution in [1.82, 2.24) is 0 Å². The van der Waals surface area contributed by atoms with E-state index in [1.807, 2.05) is 0 Å². The molecule has 1 heterocycles. The minimum Gasteiger partial charge on any atom is -0.201 e. The van der Waals surface area contributed by atoms with Crippen molar-refractivity contribution in [2.24, 2.45) is 7.05 Å². The summed E-state index contributed by atoms with van der Waals surface area (Å²) >= 11 is 0. The lowest BCUT2D eigenvalue weighted by molar-refractivity contribution is -0.660. The third kappa shape index (κ3) is 1.78. The van der Waals surface area contributed by atoms with Gasteiger partial charge in [0.15, 0.2) is 6.20 Å². The zero-order valence-electron chi connectivity index (χ0n) is 9.49. The first-order chi connectivity index (χ1) is 7.20. The standard InChI is InChI=1S/C14H16N/c1-11-7-4-5-9-13(11)14-12(2)8-6-10-15(14)3/h4-10H,1-3H3/q+1. The minimum absolute atomic E-state index is 1.30. The summed E-state index contributed by atoms with van der Waals surface area (Å²) < 4.78 is 2.18. The van der Waals surface area contributed by atoms with Crippen LogP contribution in [0.1, 0.15) is 11.1 Å². The number of hydrogen-bond donors (Lipinski definition) is 0. The van der Waals surface area contributed by atoms with Gasteiger partial charge in [-0.1, -0.05) is 18.2 Å². The summed E-state index contributed by atoms with van der Waals surface area (Å²) in [6, 6.07) is 12.7. The molecule has 0 N–H and O–H groups in total. The van der Waals surface area contributed by atoms with Gasteiger partial charge in [-0.05, 0) is 31.5 Å². The monoisotopic (exact) mass is 198 g/mol. The number of rotatable bonds is 1. The van der Waals surface area contributed by atoms with Crippen molar-refractivity contribution >= 4 is 0 Å². The average Bonchev–Trinajstić information content (AvgIpc) is 2.20. The van der Waals surface area contributed by atoms with Crippen molar-refractivity contribution in [2.75, 3.05) is 0 Å². The molecule has 0 amide bonds. The highest BCUT2D eigenvalue weighted by molar-refractivity contribution is 5.63. The van der Waals surface area contributed by atoms with Gasteiger partial charge < -0.3 is 0 Å². The van der Waals surface area contributed by atoms with E-state index in [0.717, 1.165) is 0 Å². The number of benzene rings is 1. The van der Waals surface area contributed by atoms with Gasteiger partial charge in [0, 0.05) is 17.2 Å². The Morgan fingerprint density at radius 3 is 2.20 bits per heavy atom. The molecule has 1 nitrogen and oxygen atoms in total. The second-order valence-corrected chi connectivity index (χ2v) is 3.97. The van der Waals surface area contributed by atoms with Gasteiger partial charge in [0.25, 0.3) is 0 Å². The Morgan fingerprint density at radius 2 is 1.53 bits per heavy atom. The van der Waals surface area contributed by atoms with Crippen LogP contribution in [0.15, 0.2) is 42.6 Å². The molecule has 0 bridgehead atoms. The summed E-state index contributed by atoms with van der Waals surface area (Å²) in [6.45, 7) is 4.31. The summed E-state index contributed by atoms with van der Waals surface area (Å²) in [5.41, 5.74) is 5.26. The zero-order chi connectivity index (χ0) is 10.8. The van der Waals surface area contributed by atoms with Crippen molar-refractivity contribution < 1.29 is 4.57 Å². The quantitative estimate of drug-likeness (QED) is 0.620. The second-order valence-electron chi connectivity index (χ2n) is 3.97. The Morgan fingerprint density at radius 1 is 0.867 bits per heavy atom. The lowest BCUT2D eigenvalue weighted by Crippen LogP contribution is -2.31. The van der Waals surface area contributed by atoms with Crippen LogP contribution in [-0.2, 0) is 7.05 Å². The van der Waals surface area contributed by atoms with Gasteiger partial charge in [0.1, 0.15) is 7.05 Å². The molecule has 1 heteroatoms. The van der Waals surface area contributed by atoms with Crippen molar-refractivity contribution in [2.45, 2.75) is 13.8 Å². The largest absolute Gasteiger partial charge is 0.215 e. The molecule has 15 heavy (non-hydrogen) atoms. The Labute approximate surface area is 91.0 Å². The van der Waals surface area contributed by atoms with Gasteiger partial charge in [-0.3, -0.25) is 0 Å². The first-order valence-electron chi connectivity index (χ1n) is 5.21.